The zero-order chi connectivity index (χ0) is 20.8. The highest BCUT2D eigenvalue weighted by Gasteiger charge is 2.23. The molecule has 2 aliphatic heterocycles. The van der Waals surface area contributed by atoms with E-state index in [1.807, 2.05) is 48.2 Å². The largest absolute Gasteiger partial charge is 0.492 e. The molecule has 0 aliphatic carbocycles. The lowest BCUT2D eigenvalue weighted by Crippen LogP contribution is -2.49. The third kappa shape index (κ3) is 4.81. The van der Waals surface area contributed by atoms with Crippen molar-refractivity contribution in [3.8, 4) is 17.2 Å². The number of carbonyl (C=O) groups is 1. The van der Waals surface area contributed by atoms with E-state index in [4.69, 9.17) is 14.2 Å². The molecule has 0 unspecified atom stereocenters. The first-order valence-electron chi connectivity index (χ1n) is 10.9. The lowest BCUT2D eigenvalue weighted by atomic mass is 10.1. The van der Waals surface area contributed by atoms with Crippen LogP contribution in [0.5, 0.6) is 17.2 Å². The minimum absolute atomic E-state index is 0.208. The van der Waals surface area contributed by atoms with Crippen molar-refractivity contribution in [2.45, 2.75) is 26.2 Å². The summed E-state index contributed by atoms with van der Waals surface area (Å²) in [7, 11) is 0. The van der Waals surface area contributed by atoms with Crippen molar-refractivity contribution < 1.29 is 19.0 Å². The first-order valence-corrected chi connectivity index (χ1v) is 10.9. The van der Waals surface area contributed by atoms with Gasteiger partial charge in [0.2, 0.25) is 5.91 Å². The van der Waals surface area contributed by atoms with Crippen LogP contribution in [-0.2, 0) is 11.2 Å². The second-order valence-electron chi connectivity index (χ2n) is 7.60. The summed E-state index contributed by atoms with van der Waals surface area (Å²) in [5.41, 5.74) is 2.22. The summed E-state index contributed by atoms with van der Waals surface area (Å²) < 4.78 is 17.2. The lowest BCUT2D eigenvalue weighted by molar-refractivity contribution is -0.131. The highest BCUT2D eigenvalue weighted by molar-refractivity contribution is 5.77. The fourth-order valence-corrected chi connectivity index (χ4v) is 3.97. The third-order valence-electron chi connectivity index (χ3n) is 5.58. The van der Waals surface area contributed by atoms with Crippen LogP contribution >= 0.6 is 0 Å². The third-order valence-corrected chi connectivity index (χ3v) is 5.58. The molecule has 1 fully saturated rings. The number of hydrogen-bond acceptors (Lipinski definition) is 5. The highest BCUT2D eigenvalue weighted by Crippen LogP contribution is 2.31. The lowest BCUT2D eigenvalue weighted by Gasteiger charge is -2.36. The van der Waals surface area contributed by atoms with Crippen LogP contribution in [0.2, 0.25) is 0 Å². The van der Waals surface area contributed by atoms with Crippen molar-refractivity contribution in [1.82, 2.24) is 4.90 Å². The van der Waals surface area contributed by atoms with Gasteiger partial charge in [0.15, 0.2) is 11.5 Å². The molecule has 0 aromatic heterocycles. The van der Waals surface area contributed by atoms with Crippen LogP contribution in [0.1, 0.15) is 25.3 Å². The second kappa shape index (κ2) is 9.74. The molecule has 0 N–H and O–H groups in total. The number of rotatable bonds is 6. The van der Waals surface area contributed by atoms with Crippen LogP contribution in [0.4, 0.5) is 5.69 Å². The fourth-order valence-electron chi connectivity index (χ4n) is 3.97. The maximum Gasteiger partial charge on any atom is 0.223 e. The summed E-state index contributed by atoms with van der Waals surface area (Å²) >= 11 is 0. The number of benzene rings is 2. The van der Waals surface area contributed by atoms with Crippen LogP contribution in [0.15, 0.2) is 42.5 Å². The monoisotopic (exact) mass is 410 g/mol. The first kappa shape index (κ1) is 20.4. The molecule has 2 heterocycles. The van der Waals surface area contributed by atoms with Gasteiger partial charge in [0, 0.05) is 39.0 Å². The van der Waals surface area contributed by atoms with Gasteiger partial charge in [-0.15, -0.1) is 0 Å². The molecule has 0 spiro atoms. The molecule has 1 saturated heterocycles. The molecule has 30 heavy (non-hydrogen) atoms. The Morgan fingerprint density at radius 1 is 1.00 bits per heavy atom. The molecule has 2 aromatic carbocycles. The Hall–Kier alpha value is -2.89. The highest BCUT2D eigenvalue weighted by atomic mass is 16.5. The van der Waals surface area contributed by atoms with E-state index in [-0.39, 0.29) is 5.91 Å². The SMILES string of the molecule is CCOc1ccccc1N1CCN(C(=O)CCc2ccc3c(c2)OCCCO3)CC1. The van der Waals surface area contributed by atoms with Gasteiger partial charge in [0.1, 0.15) is 5.75 Å². The van der Waals surface area contributed by atoms with Gasteiger partial charge in [-0.3, -0.25) is 4.79 Å². The topological polar surface area (TPSA) is 51.2 Å². The molecule has 2 aliphatic rings. The Kier molecular flexibility index (Phi) is 6.62. The predicted molar refractivity (Wildman–Crippen MR) is 117 cm³/mol. The van der Waals surface area contributed by atoms with Crippen LogP contribution in [0.25, 0.3) is 0 Å². The normalized spacial score (nSPS) is 16.2. The van der Waals surface area contributed by atoms with Gasteiger partial charge in [-0.1, -0.05) is 18.2 Å². The minimum Gasteiger partial charge on any atom is -0.492 e. The van der Waals surface area contributed by atoms with Crippen molar-refractivity contribution >= 4 is 11.6 Å². The first-order chi connectivity index (χ1) is 14.7. The van der Waals surface area contributed by atoms with Crippen molar-refractivity contribution in [2.75, 3.05) is 50.9 Å². The number of anilines is 1. The number of para-hydroxylation sites is 2. The fraction of sp³-hybridized carbons (Fsp3) is 0.458. The molecule has 0 radical (unpaired) electrons. The molecule has 1 amide bonds. The van der Waals surface area contributed by atoms with Gasteiger partial charge in [-0.2, -0.15) is 0 Å². The number of nitrogens with zero attached hydrogens (tertiary/aromatic N) is 2. The van der Waals surface area contributed by atoms with E-state index in [9.17, 15) is 4.79 Å². The number of hydrogen-bond donors (Lipinski definition) is 0. The molecular weight excluding hydrogens is 380 g/mol. The number of carbonyl (C=O) groups excluding carboxylic acids is 1. The van der Waals surface area contributed by atoms with Crippen LogP contribution < -0.4 is 19.1 Å². The van der Waals surface area contributed by atoms with E-state index in [1.165, 1.54) is 0 Å². The summed E-state index contributed by atoms with van der Waals surface area (Å²) in [6, 6.07) is 14.1. The summed E-state index contributed by atoms with van der Waals surface area (Å²) in [6.45, 7) is 7.12. The molecule has 0 bridgehead atoms. The molecular formula is C24H30N2O4. The number of aryl methyl sites for hydroxylation is 1. The molecule has 0 atom stereocenters. The van der Waals surface area contributed by atoms with Gasteiger partial charge in [-0.05, 0) is 43.2 Å². The average Bonchev–Trinajstić information content (AvgIpc) is 3.03. The number of ether oxygens (including phenoxy) is 3. The van der Waals surface area contributed by atoms with Crippen molar-refractivity contribution in [3.63, 3.8) is 0 Å². The Balaban J connectivity index is 1.29. The van der Waals surface area contributed by atoms with Crippen LogP contribution in [0, 0.1) is 0 Å². The zero-order valence-electron chi connectivity index (χ0n) is 17.6. The number of piperazine rings is 1. The second-order valence-corrected chi connectivity index (χ2v) is 7.60. The average molecular weight is 411 g/mol. The smallest absolute Gasteiger partial charge is 0.223 e. The maximum atomic E-state index is 12.8. The minimum atomic E-state index is 0.208. The van der Waals surface area contributed by atoms with E-state index in [0.717, 1.165) is 61.1 Å². The summed E-state index contributed by atoms with van der Waals surface area (Å²) in [6.07, 6.45) is 2.11. The molecule has 160 valence electrons. The molecule has 0 saturated carbocycles. The summed E-state index contributed by atoms with van der Waals surface area (Å²) in [4.78, 5) is 17.0. The van der Waals surface area contributed by atoms with Crippen molar-refractivity contribution in [2.24, 2.45) is 0 Å². The molecule has 2 aromatic rings. The van der Waals surface area contributed by atoms with E-state index in [1.54, 1.807) is 0 Å². The summed E-state index contributed by atoms with van der Waals surface area (Å²) in [5, 5.41) is 0. The van der Waals surface area contributed by atoms with Crippen LogP contribution in [0.3, 0.4) is 0 Å². The van der Waals surface area contributed by atoms with Crippen LogP contribution in [-0.4, -0.2) is 56.8 Å². The number of amides is 1. The zero-order valence-corrected chi connectivity index (χ0v) is 17.6. The standard InChI is InChI=1S/C24H30N2O4/c1-2-28-21-7-4-3-6-20(21)25-12-14-26(15-13-25)24(27)11-9-19-8-10-22-23(18-19)30-17-5-16-29-22/h3-4,6-8,10,18H,2,5,9,11-17H2,1H3. The van der Waals surface area contributed by atoms with Gasteiger partial charge in [0.25, 0.3) is 0 Å². The van der Waals surface area contributed by atoms with Gasteiger partial charge < -0.3 is 24.0 Å². The van der Waals surface area contributed by atoms with Crippen molar-refractivity contribution in [3.05, 3.63) is 48.0 Å². The van der Waals surface area contributed by atoms with E-state index >= 15 is 0 Å². The Bertz CT molecular complexity index is 862. The molecule has 6 nitrogen and oxygen atoms in total. The van der Waals surface area contributed by atoms with E-state index in [0.29, 0.717) is 32.7 Å². The predicted octanol–water partition coefficient (Wildman–Crippen LogP) is 3.53. The van der Waals surface area contributed by atoms with Gasteiger partial charge in [0.05, 0.1) is 25.5 Å². The number of fused-ring (bicyclic) bond motifs is 1. The van der Waals surface area contributed by atoms with Crippen molar-refractivity contribution in [1.29, 1.82) is 0 Å². The Labute approximate surface area is 178 Å². The Morgan fingerprint density at radius 3 is 2.57 bits per heavy atom. The quantitative estimate of drug-likeness (QED) is 0.729. The molecule has 6 heteroatoms. The molecule has 4 rings (SSSR count). The summed E-state index contributed by atoms with van der Waals surface area (Å²) in [5.74, 6) is 2.71. The van der Waals surface area contributed by atoms with E-state index < -0.39 is 0 Å². The Morgan fingerprint density at radius 2 is 1.77 bits per heavy atom. The van der Waals surface area contributed by atoms with E-state index in [2.05, 4.69) is 11.0 Å². The van der Waals surface area contributed by atoms with Gasteiger partial charge in [-0.25, -0.2) is 0 Å². The van der Waals surface area contributed by atoms with Gasteiger partial charge >= 0.3 is 0 Å². The maximum absolute atomic E-state index is 12.8.